The summed E-state index contributed by atoms with van der Waals surface area (Å²) in [4.78, 5) is 14.0. The number of ketones is 1. The maximum atomic E-state index is 10.3. The minimum atomic E-state index is 0.155. The molecule has 0 atom stereocenters. The molecule has 3 nitrogen and oxygen atoms in total. The molecule has 0 amide bonds. The number of carbonyl (C=O) groups excluding carboxylic acids is 1. The van der Waals surface area contributed by atoms with Gasteiger partial charge in [-0.3, -0.25) is 9.79 Å². The van der Waals surface area contributed by atoms with E-state index in [1.165, 1.54) is 0 Å². The van der Waals surface area contributed by atoms with Crippen molar-refractivity contribution in [3.8, 4) is 0 Å². The zero-order valence-corrected chi connectivity index (χ0v) is 3.85. The van der Waals surface area contributed by atoms with Crippen LogP contribution in [0.15, 0.2) is 4.99 Å². The van der Waals surface area contributed by atoms with E-state index in [0.717, 1.165) is 0 Å². The lowest BCUT2D eigenvalue weighted by atomic mass is 10.4. The van der Waals surface area contributed by atoms with E-state index in [1.807, 2.05) is 0 Å². The van der Waals surface area contributed by atoms with Gasteiger partial charge in [0.1, 0.15) is 6.54 Å². The number of carbonyl (C=O) groups is 1. The van der Waals surface area contributed by atoms with Crippen molar-refractivity contribution in [3.63, 3.8) is 0 Å². The van der Waals surface area contributed by atoms with Gasteiger partial charge in [0, 0.05) is 0 Å². The Morgan fingerprint density at radius 2 is 2.71 bits per heavy atom. The molecule has 1 aliphatic heterocycles. The molecular formula is C4H6N2O. The van der Waals surface area contributed by atoms with Gasteiger partial charge in [0.25, 0.3) is 0 Å². The van der Waals surface area contributed by atoms with Crippen molar-refractivity contribution >= 4 is 12.1 Å². The van der Waals surface area contributed by atoms with Crippen LogP contribution in [-0.2, 0) is 4.79 Å². The molecule has 38 valence electrons. The quantitative estimate of drug-likeness (QED) is 0.430. The van der Waals surface area contributed by atoms with Crippen LogP contribution in [0.1, 0.15) is 0 Å². The third kappa shape index (κ3) is 0.994. The standard InChI is InChI=1S/C4H6N2O/c7-4-1-5-3-6-2-4/h3H,1-2H2,(H,5,6). The summed E-state index contributed by atoms with van der Waals surface area (Å²) in [5.41, 5.74) is 0. The topological polar surface area (TPSA) is 41.5 Å². The van der Waals surface area contributed by atoms with Gasteiger partial charge in [-0.25, -0.2) is 0 Å². The average Bonchev–Trinajstić information content (AvgIpc) is 1.69. The Kier molecular flexibility index (Phi) is 1.06. The highest BCUT2D eigenvalue weighted by molar-refractivity contribution is 5.87. The van der Waals surface area contributed by atoms with Crippen LogP contribution in [0.5, 0.6) is 0 Å². The zero-order valence-electron chi connectivity index (χ0n) is 3.85. The molecule has 0 aromatic rings. The molecule has 7 heavy (non-hydrogen) atoms. The summed E-state index contributed by atoms with van der Waals surface area (Å²) in [5, 5.41) is 2.69. The molecule has 1 N–H and O–H groups in total. The van der Waals surface area contributed by atoms with Crippen molar-refractivity contribution in [1.29, 1.82) is 0 Å². The molecule has 1 rings (SSSR count). The first kappa shape index (κ1) is 4.30. The number of rotatable bonds is 0. The molecule has 0 aromatic carbocycles. The van der Waals surface area contributed by atoms with Crippen molar-refractivity contribution < 1.29 is 4.79 Å². The third-order valence-corrected chi connectivity index (χ3v) is 0.749. The third-order valence-electron chi connectivity index (χ3n) is 0.749. The molecule has 0 fully saturated rings. The highest BCUT2D eigenvalue weighted by Crippen LogP contribution is 1.75. The second kappa shape index (κ2) is 1.73. The van der Waals surface area contributed by atoms with E-state index in [4.69, 9.17) is 0 Å². The highest BCUT2D eigenvalue weighted by Gasteiger charge is 1.99. The molecular weight excluding hydrogens is 92.1 g/mol. The van der Waals surface area contributed by atoms with Crippen LogP contribution >= 0.6 is 0 Å². The van der Waals surface area contributed by atoms with Crippen LogP contribution in [0, 0.1) is 0 Å². The first-order chi connectivity index (χ1) is 3.39. The second-order valence-electron chi connectivity index (χ2n) is 1.39. The van der Waals surface area contributed by atoms with Gasteiger partial charge in [0.2, 0.25) is 0 Å². The van der Waals surface area contributed by atoms with Crippen molar-refractivity contribution in [2.24, 2.45) is 4.99 Å². The number of nitrogens with one attached hydrogen (secondary N) is 1. The van der Waals surface area contributed by atoms with Gasteiger partial charge in [-0.1, -0.05) is 0 Å². The first-order valence-corrected chi connectivity index (χ1v) is 2.13. The summed E-state index contributed by atoms with van der Waals surface area (Å²) in [6, 6.07) is 0. The van der Waals surface area contributed by atoms with Crippen molar-refractivity contribution in [3.05, 3.63) is 0 Å². The fourth-order valence-electron chi connectivity index (χ4n) is 0.427. The molecule has 0 radical (unpaired) electrons. The SMILES string of the molecule is O=C1CN=CNC1. The number of aliphatic imine (C=N–C) groups is 1. The number of nitrogens with zero attached hydrogens (tertiary/aromatic N) is 1. The molecule has 0 bridgehead atoms. The first-order valence-electron chi connectivity index (χ1n) is 2.13. The highest BCUT2D eigenvalue weighted by atomic mass is 16.1. The lowest BCUT2D eigenvalue weighted by molar-refractivity contribution is -0.116. The summed E-state index contributed by atoms with van der Waals surface area (Å²) >= 11 is 0. The average molecular weight is 98.1 g/mol. The monoisotopic (exact) mass is 98.0 g/mol. The smallest absolute Gasteiger partial charge is 0.173 e. The van der Waals surface area contributed by atoms with Crippen molar-refractivity contribution in [2.45, 2.75) is 0 Å². The van der Waals surface area contributed by atoms with Crippen LogP contribution in [-0.4, -0.2) is 25.2 Å². The zero-order chi connectivity index (χ0) is 5.11. The largest absolute Gasteiger partial charge is 0.369 e. The molecule has 0 aromatic heterocycles. The lowest BCUT2D eigenvalue weighted by Crippen LogP contribution is -2.27. The van der Waals surface area contributed by atoms with Gasteiger partial charge in [0.15, 0.2) is 5.78 Å². The Morgan fingerprint density at radius 3 is 3.00 bits per heavy atom. The minimum Gasteiger partial charge on any atom is -0.369 e. The van der Waals surface area contributed by atoms with Crippen molar-refractivity contribution in [1.82, 2.24) is 5.32 Å². The van der Waals surface area contributed by atoms with Gasteiger partial charge in [-0.05, 0) is 0 Å². The molecule has 0 saturated carbocycles. The minimum absolute atomic E-state index is 0.155. The maximum absolute atomic E-state index is 10.3. The van der Waals surface area contributed by atoms with E-state index in [2.05, 4.69) is 10.3 Å². The summed E-state index contributed by atoms with van der Waals surface area (Å²) in [6.45, 7) is 0.802. The maximum Gasteiger partial charge on any atom is 0.173 e. The van der Waals surface area contributed by atoms with Gasteiger partial charge in [-0.2, -0.15) is 0 Å². The van der Waals surface area contributed by atoms with Gasteiger partial charge in [0.05, 0.1) is 12.9 Å². The molecule has 1 heterocycles. The Balaban J connectivity index is 2.47. The fraction of sp³-hybridized carbons (Fsp3) is 0.500. The summed E-state index contributed by atoms with van der Waals surface area (Å²) in [7, 11) is 0. The summed E-state index contributed by atoms with van der Waals surface area (Å²) in [6.07, 6.45) is 1.56. The van der Waals surface area contributed by atoms with Gasteiger partial charge < -0.3 is 5.32 Å². The van der Waals surface area contributed by atoms with Gasteiger partial charge >= 0.3 is 0 Å². The van der Waals surface area contributed by atoms with Crippen molar-refractivity contribution in [2.75, 3.05) is 13.1 Å². The van der Waals surface area contributed by atoms with E-state index < -0.39 is 0 Å². The van der Waals surface area contributed by atoms with Crippen LogP contribution < -0.4 is 5.32 Å². The normalized spacial score (nSPS) is 19.1. The molecule has 0 saturated heterocycles. The Labute approximate surface area is 41.4 Å². The molecule has 0 aliphatic carbocycles. The number of hydrogen-bond acceptors (Lipinski definition) is 3. The van der Waals surface area contributed by atoms with E-state index in [-0.39, 0.29) is 5.78 Å². The fourth-order valence-corrected chi connectivity index (χ4v) is 0.427. The molecule has 0 spiro atoms. The number of hydrogen-bond donors (Lipinski definition) is 1. The second-order valence-corrected chi connectivity index (χ2v) is 1.39. The number of Topliss-reactive ketones (excluding diaryl/α,β-unsaturated/α-hetero) is 1. The van der Waals surface area contributed by atoms with Crippen LogP contribution in [0.3, 0.4) is 0 Å². The Bertz CT molecular complexity index is 108. The van der Waals surface area contributed by atoms with Crippen LogP contribution in [0.2, 0.25) is 0 Å². The summed E-state index contributed by atoms with van der Waals surface area (Å²) in [5.74, 6) is 0.155. The Morgan fingerprint density at radius 1 is 1.86 bits per heavy atom. The molecule has 3 heteroatoms. The van der Waals surface area contributed by atoms with E-state index in [1.54, 1.807) is 6.34 Å². The lowest BCUT2D eigenvalue weighted by Gasteiger charge is -2.01. The van der Waals surface area contributed by atoms with E-state index >= 15 is 0 Å². The van der Waals surface area contributed by atoms with Crippen LogP contribution in [0.25, 0.3) is 0 Å². The predicted molar refractivity (Wildman–Crippen MR) is 26.4 cm³/mol. The predicted octanol–water partition coefficient (Wildman–Crippen LogP) is -0.813. The molecule has 1 aliphatic rings. The van der Waals surface area contributed by atoms with Crippen LogP contribution in [0.4, 0.5) is 0 Å². The van der Waals surface area contributed by atoms with E-state index in [0.29, 0.717) is 13.1 Å². The van der Waals surface area contributed by atoms with E-state index in [9.17, 15) is 4.79 Å². The molecule has 0 unspecified atom stereocenters. The Hall–Kier alpha value is -0.860. The summed E-state index contributed by atoms with van der Waals surface area (Å²) < 4.78 is 0. The van der Waals surface area contributed by atoms with Gasteiger partial charge in [-0.15, -0.1) is 0 Å².